The molecule has 5 atom stereocenters. The molecule has 4 fully saturated rings. The van der Waals surface area contributed by atoms with Gasteiger partial charge in [-0.3, -0.25) is 25.2 Å². The number of alkyl halides is 3. The minimum Gasteiger partial charge on any atom is -0.356 e. The normalized spacial score (nSPS) is 35.2. The van der Waals surface area contributed by atoms with Gasteiger partial charge < -0.3 is 10.6 Å². The Morgan fingerprint density at radius 3 is 2.58 bits per heavy atom. The molecule has 2 heterocycles. The third-order valence-electron chi connectivity index (χ3n) is 8.25. The summed E-state index contributed by atoms with van der Waals surface area (Å²) in [5.41, 5.74) is 8.81. The first-order valence-corrected chi connectivity index (χ1v) is 13.6. The lowest BCUT2D eigenvalue weighted by Crippen LogP contribution is -2.64. The number of rotatable bonds is 10. The van der Waals surface area contributed by atoms with Crippen molar-refractivity contribution in [1.29, 1.82) is 0 Å². The summed E-state index contributed by atoms with van der Waals surface area (Å²) in [6.07, 6.45) is 3.76. The zero-order valence-electron chi connectivity index (χ0n) is 20.8. The van der Waals surface area contributed by atoms with Crippen molar-refractivity contribution < 1.29 is 27.6 Å². The number of hydrogen-bond donors (Lipinski definition) is 6. The first kappa shape index (κ1) is 27.6. The third kappa shape index (κ3) is 7.53. The predicted octanol–water partition coefficient (Wildman–Crippen LogP) is 2.16. The molecular formula is C24H41F3N6O3. The molecule has 0 radical (unpaired) electrons. The molecule has 36 heavy (non-hydrogen) atoms. The van der Waals surface area contributed by atoms with Gasteiger partial charge in [0.1, 0.15) is 6.23 Å². The Morgan fingerprint density at radius 2 is 1.81 bits per heavy atom. The number of nitrogens with one attached hydrogen (secondary N) is 6. The van der Waals surface area contributed by atoms with Crippen molar-refractivity contribution in [3.63, 3.8) is 0 Å². The Kier molecular flexibility index (Phi) is 9.84. The minimum atomic E-state index is -4.10. The van der Waals surface area contributed by atoms with Crippen LogP contribution in [0.4, 0.5) is 13.2 Å². The lowest BCUT2D eigenvalue weighted by Gasteiger charge is -2.41. The number of carbonyl (C=O) groups excluding carboxylic acids is 2. The van der Waals surface area contributed by atoms with E-state index in [0.717, 1.165) is 38.6 Å². The van der Waals surface area contributed by atoms with E-state index in [4.69, 9.17) is 4.84 Å². The second kappa shape index (κ2) is 12.9. The summed E-state index contributed by atoms with van der Waals surface area (Å²) in [5.74, 6) is -0.560. The molecule has 2 aliphatic carbocycles. The largest absolute Gasteiger partial charge is 0.391 e. The van der Waals surface area contributed by atoms with Crippen molar-refractivity contribution in [2.45, 2.75) is 102 Å². The van der Waals surface area contributed by atoms with Crippen molar-refractivity contribution in [2.24, 2.45) is 23.7 Å². The number of amides is 2. The number of hydrogen-bond acceptors (Lipinski definition) is 7. The smallest absolute Gasteiger partial charge is 0.356 e. The Bertz CT molecular complexity index is 734. The van der Waals surface area contributed by atoms with Crippen molar-refractivity contribution in [3.05, 3.63) is 0 Å². The molecule has 0 aromatic heterocycles. The molecule has 2 amide bonds. The number of fused-ring (bicyclic) bond motifs is 1. The van der Waals surface area contributed by atoms with Crippen molar-refractivity contribution >= 4 is 11.8 Å². The van der Waals surface area contributed by atoms with Crippen LogP contribution >= 0.6 is 0 Å². The minimum absolute atomic E-state index is 0.00150. The molecule has 206 valence electrons. The lowest BCUT2D eigenvalue weighted by atomic mass is 9.76. The molecule has 12 heteroatoms. The Labute approximate surface area is 210 Å². The van der Waals surface area contributed by atoms with Gasteiger partial charge in [0.2, 0.25) is 11.8 Å². The second-order valence-electron chi connectivity index (χ2n) is 10.7. The van der Waals surface area contributed by atoms with Crippen LogP contribution in [-0.2, 0) is 14.4 Å². The van der Waals surface area contributed by atoms with Gasteiger partial charge in [-0.2, -0.15) is 18.7 Å². The average molecular weight is 519 g/mol. The highest BCUT2D eigenvalue weighted by Crippen LogP contribution is 2.40. The molecule has 2 saturated carbocycles. The van der Waals surface area contributed by atoms with Crippen LogP contribution in [0.25, 0.3) is 0 Å². The molecule has 0 bridgehead atoms. The number of halogens is 3. The van der Waals surface area contributed by atoms with E-state index in [9.17, 15) is 22.8 Å². The zero-order chi connectivity index (χ0) is 25.5. The maximum absolute atomic E-state index is 12.9. The Balaban J connectivity index is 1.02. The second-order valence-corrected chi connectivity index (χ2v) is 10.7. The van der Waals surface area contributed by atoms with E-state index < -0.39 is 12.1 Å². The molecule has 0 spiro atoms. The molecule has 4 rings (SSSR count). The molecule has 5 unspecified atom stereocenters. The van der Waals surface area contributed by atoms with E-state index in [1.165, 1.54) is 0 Å². The molecule has 9 nitrogen and oxygen atoms in total. The number of hydroxylamine groups is 1. The van der Waals surface area contributed by atoms with Gasteiger partial charge >= 0.3 is 6.18 Å². The Morgan fingerprint density at radius 1 is 1.03 bits per heavy atom. The predicted molar refractivity (Wildman–Crippen MR) is 126 cm³/mol. The van der Waals surface area contributed by atoms with Gasteiger partial charge in [0.15, 0.2) is 0 Å². The van der Waals surface area contributed by atoms with Gasteiger partial charge in [0, 0.05) is 24.8 Å². The van der Waals surface area contributed by atoms with Crippen LogP contribution in [0.3, 0.4) is 0 Å². The van der Waals surface area contributed by atoms with E-state index in [-0.39, 0.29) is 55.1 Å². The van der Waals surface area contributed by atoms with Gasteiger partial charge in [0.05, 0.1) is 18.2 Å². The third-order valence-corrected chi connectivity index (χ3v) is 8.25. The standard InChI is InChI=1S/C24H41F3N6O3/c25-24(26,27)16-11-9-15(10-12-16)21-30-20(36-33-21)8-3-7-19(34)28-13-4-14-29-22-17-5-1-2-6-18(17)23(35)32-31-22/h15-18,20-22,29-31,33H,1-14H2,(H,28,34)(H,32,35). The van der Waals surface area contributed by atoms with Crippen LogP contribution < -0.4 is 32.3 Å². The van der Waals surface area contributed by atoms with Crippen LogP contribution in [-0.4, -0.2) is 49.6 Å². The fraction of sp³-hybridized carbons (Fsp3) is 0.917. The van der Waals surface area contributed by atoms with Gasteiger partial charge in [-0.15, -0.1) is 0 Å². The van der Waals surface area contributed by atoms with E-state index in [0.29, 0.717) is 44.6 Å². The maximum atomic E-state index is 12.9. The van der Waals surface area contributed by atoms with E-state index in [2.05, 4.69) is 32.3 Å². The van der Waals surface area contributed by atoms with Gasteiger partial charge in [0.25, 0.3) is 0 Å². The summed E-state index contributed by atoms with van der Waals surface area (Å²) in [6.45, 7) is 1.33. The van der Waals surface area contributed by atoms with Gasteiger partial charge in [-0.05, 0) is 70.3 Å². The topological polar surface area (TPSA) is 116 Å². The molecule has 6 N–H and O–H groups in total. The highest BCUT2D eigenvalue weighted by molar-refractivity contribution is 5.79. The van der Waals surface area contributed by atoms with Crippen LogP contribution in [0, 0.1) is 23.7 Å². The van der Waals surface area contributed by atoms with Crippen LogP contribution in [0.1, 0.15) is 77.0 Å². The van der Waals surface area contributed by atoms with E-state index >= 15 is 0 Å². The lowest BCUT2D eigenvalue weighted by molar-refractivity contribution is -0.184. The fourth-order valence-electron chi connectivity index (χ4n) is 6.12. The average Bonchev–Trinajstić information content (AvgIpc) is 3.34. The summed E-state index contributed by atoms with van der Waals surface area (Å²) in [6, 6.07) is 0. The summed E-state index contributed by atoms with van der Waals surface area (Å²) < 4.78 is 38.6. The Hall–Kier alpha value is -1.47. The zero-order valence-corrected chi connectivity index (χ0v) is 20.8. The quantitative estimate of drug-likeness (QED) is 0.246. The van der Waals surface area contributed by atoms with Crippen LogP contribution in [0.5, 0.6) is 0 Å². The number of carbonyl (C=O) groups is 2. The van der Waals surface area contributed by atoms with Crippen LogP contribution in [0.15, 0.2) is 0 Å². The van der Waals surface area contributed by atoms with E-state index in [1.807, 2.05) is 0 Å². The highest BCUT2D eigenvalue weighted by Gasteiger charge is 2.43. The molecule has 0 aromatic carbocycles. The van der Waals surface area contributed by atoms with Gasteiger partial charge in [-0.1, -0.05) is 12.8 Å². The summed E-state index contributed by atoms with van der Waals surface area (Å²) in [7, 11) is 0. The van der Waals surface area contributed by atoms with Crippen molar-refractivity contribution in [2.75, 3.05) is 13.1 Å². The van der Waals surface area contributed by atoms with Crippen molar-refractivity contribution in [1.82, 2.24) is 32.3 Å². The molecular weight excluding hydrogens is 477 g/mol. The molecule has 4 aliphatic rings. The SMILES string of the molecule is O=C(CCCC1NC(C2CCC(C(F)(F)F)CC2)NO1)NCCCNC1NNC(=O)C2CCCCC12. The monoisotopic (exact) mass is 518 g/mol. The summed E-state index contributed by atoms with van der Waals surface area (Å²) in [4.78, 5) is 29.7. The molecule has 2 saturated heterocycles. The number of hydrazine groups is 1. The first-order valence-electron chi connectivity index (χ1n) is 13.6. The first-order chi connectivity index (χ1) is 17.3. The van der Waals surface area contributed by atoms with E-state index in [1.54, 1.807) is 0 Å². The molecule has 2 aliphatic heterocycles. The van der Waals surface area contributed by atoms with Gasteiger partial charge in [-0.25, -0.2) is 5.43 Å². The fourth-order valence-corrected chi connectivity index (χ4v) is 6.12. The molecule has 0 aromatic rings. The summed E-state index contributed by atoms with van der Waals surface area (Å²) >= 11 is 0. The summed E-state index contributed by atoms with van der Waals surface area (Å²) in [5, 5.41) is 9.73. The highest BCUT2D eigenvalue weighted by atomic mass is 19.4. The maximum Gasteiger partial charge on any atom is 0.391 e. The van der Waals surface area contributed by atoms with Crippen molar-refractivity contribution in [3.8, 4) is 0 Å². The van der Waals surface area contributed by atoms with Crippen LogP contribution in [0.2, 0.25) is 0 Å².